The highest BCUT2D eigenvalue weighted by Gasteiger charge is 2.15. The summed E-state index contributed by atoms with van der Waals surface area (Å²) in [7, 11) is 0. The highest BCUT2D eigenvalue weighted by Crippen LogP contribution is 2.33. The molecule has 2 aromatic rings. The van der Waals surface area contributed by atoms with Crippen LogP contribution in [0.2, 0.25) is 4.34 Å². The van der Waals surface area contributed by atoms with Crippen LogP contribution >= 0.6 is 22.9 Å². The van der Waals surface area contributed by atoms with E-state index in [1.54, 1.807) is 6.20 Å². The van der Waals surface area contributed by atoms with Crippen molar-refractivity contribution in [1.29, 1.82) is 0 Å². The molecule has 104 valence electrons. The third kappa shape index (κ3) is 3.79. The van der Waals surface area contributed by atoms with Gasteiger partial charge in [0.2, 0.25) is 0 Å². The molecule has 2 rings (SSSR count). The summed E-state index contributed by atoms with van der Waals surface area (Å²) in [5, 5.41) is 13.0. The van der Waals surface area contributed by atoms with Gasteiger partial charge >= 0.3 is 0 Å². The molecule has 1 N–H and O–H groups in total. The summed E-state index contributed by atoms with van der Waals surface area (Å²) in [6.07, 6.45) is 2.79. The van der Waals surface area contributed by atoms with E-state index in [1.165, 1.54) is 11.3 Å². The molecule has 0 unspecified atom stereocenters. The molecule has 0 radical (unpaired) electrons. The number of hydrogen-bond acceptors (Lipinski definition) is 5. The van der Waals surface area contributed by atoms with Crippen molar-refractivity contribution in [2.75, 3.05) is 19.7 Å². The number of aromatic nitrogens is 1. The highest BCUT2D eigenvalue weighted by atomic mass is 35.5. The zero-order valence-corrected chi connectivity index (χ0v) is 12.4. The van der Waals surface area contributed by atoms with Gasteiger partial charge in [0, 0.05) is 18.7 Å². The predicted molar refractivity (Wildman–Crippen MR) is 77.5 cm³/mol. The largest absolute Gasteiger partial charge is 0.395 e. The van der Waals surface area contributed by atoms with Crippen molar-refractivity contribution >= 4 is 22.9 Å². The lowest BCUT2D eigenvalue weighted by molar-refractivity contribution is 0.190. The number of aliphatic hydroxyl groups excluding tert-OH is 1. The van der Waals surface area contributed by atoms with Crippen LogP contribution in [0, 0.1) is 0 Å². The van der Waals surface area contributed by atoms with Crippen LogP contribution in [-0.2, 0) is 6.54 Å². The Bertz CT molecular complexity index is 506. The van der Waals surface area contributed by atoms with Crippen LogP contribution in [0.1, 0.15) is 18.9 Å². The first kappa shape index (κ1) is 14.5. The van der Waals surface area contributed by atoms with Crippen molar-refractivity contribution in [1.82, 2.24) is 10.1 Å². The second kappa shape index (κ2) is 7.05. The first-order chi connectivity index (χ1) is 9.24. The van der Waals surface area contributed by atoms with Gasteiger partial charge < -0.3 is 9.63 Å². The van der Waals surface area contributed by atoms with Crippen molar-refractivity contribution in [3.8, 4) is 10.6 Å². The van der Waals surface area contributed by atoms with E-state index in [0.717, 1.165) is 40.0 Å². The second-order valence-corrected chi connectivity index (χ2v) is 6.00. The van der Waals surface area contributed by atoms with Crippen molar-refractivity contribution in [3.63, 3.8) is 0 Å². The number of halogens is 1. The fraction of sp³-hybridized carbons (Fsp3) is 0.462. The zero-order chi connectivity index (χ0) is 13.7. The van der Waals surface area contributed by atoms with Crippen LogP contribution < -0.4 is 0 Å². The Labute approximate surface area is 121 Å². The van der Waals surface area contributed by atoms with Crippen molar-refractivity contribution < 1.29 is 9.63 Å². The maximum absolute atomic E-state index is 9.09. The molecule has 0 spiro atoms. The number of rotatable bonds is 7. The topological polar surface area (TPSA) is 49.5 Å². The molecule has 0 aliphatic carbocycles. The highest BCUT2D eigenvalue weighted by molar-refractivity contribution is 7.19. The minimum absolute atomic E-state index is 0.158. The molecule has 0 aromatic carbocycles. The minimum atomic E-state index is 0.158. The van der Waals surface area contributed by atoms with Gasteiger partial charge in [0.15, 0.2) is 5.76 Å². The molecule has 4 nitrogen and oxygen atoms in total. The molecule has 19 heavy (non-hydrogen) atoms. The third-order valence-corrected chi connectivity index (χ3v) is 4.02. The van der Waals surface area contributed by atoms with E-state index in [2.05, 4.69) is 17.0 Å². The number of nitrogens with zero attached hydrogens (tertiary/aromatic N) is 2. The van der Waals surface area contributed by atoms with E-state index in [0.29, 0.717) is 6.54 Å². The number of aliphatic hydroxyl groups is 1. The fourth-order valence-electron chi connectivity index (χ4n) is 1.98. The zero-order valence-electron chi connectivity index (χ0n) is 10.8. The summed E-state index contributed by atoms with van der Waals surface area (Å²) in [5.74, 6) is 0.774. The molecule has 0 saturated heterocycles. The maximum atomic E-state index is 9.09. The molecule has 0 aliphatic rings. The van der Waals surface area contributed by atoms with Gasteiger partial charge in [-0.2, -0.15) is 0 Å². The molecular formula is C13H17ClN2O2S. The molecule has 6 heteroatoms. The molecule has 0 atom stereocenters. The average molecular weight is 301 g/mol. The summed E-state index contributed by atoms with van der Waals surface area (Å²) in [4.78, 5) is 3.17. The summed E-state index contributed by atoms with van der Waals surface area (Å²) in [6.45, 7) is 4.60. The van der Waals surface area contributed by atoms with Crippen LogP contribution in [0.25, 0.3) is 10.6 Å². The van der Waals surface area contributed by atoms with Crippen molar-refractivity contribution in [3.05, 3.63) is 28.2 Å². The second-order valence-electron chi connectivity index (χ2n) is 4.28. The van der Waals surface area contributed by atoms with Crippen LogP contribution in [0.3, 0.4) is 0 Å². The lowest BCUT2D eigenvalue weighted by atomic mass is 10.2. The van der Waals surface area contributed by atoms with E-state index in [9.17, 15) is 0 Å². The Morgan fingerprint density at radius 3 is 2.89 bits per heavy atom. The smallest absolute Gasteiger partial charge is 0.181 e. The summed E-state index contributed by atoms with van der Waals surface area (Å²) >= 11 is 7.43. The summed E-state index contributed by atoms with van der Waals surface area (Å²) < 4.78 is 6.07. The normalized spacial score (nSPS) is 11.4. The molecule has 0 bridgehead atoms. The fourth-order valence-corrected chi connectivity index (χ4v) is 3.04. The van der Waals surface area contributed by atoms with E-state index < -0.39 is 0 Å². The quantitative estimate of drug-likeness (QED) is 0.852. The number of hydrogen-bond donors (Lipinski definition) is 1. The minimum Gasteiger partial charge on any atom is -0.395 e. The van der Waals surface area contributed by atoms with Gasteiger partial charge in [0.1, 0.15) is 0 Å². The van der Waals surface area contributed by atoms with Gasteiger partial charge in [-0.1, -0.05) is 23.7 Å². The Hall–Kier alpha value is -0.880. The van der Waals surface area contributed by atoms with E-state index in [1.807, 2.05) is 12.1 Å². The molecule has 2 aromatic heterocycles. The van der Waals surface area contributed by atoms with Crippen molar-refractivity contribution in [2.45, 2.75) is 19.9 Å². The Morgan fingerprint density at radius 2 is 2.26 bits per heavy atom. The van der Waals surface area contributed by atoms with Crippen LogP contribution in [0.5, 0.6) is 0 Å². The van der Waals surface area contributed by atoms with E-state index in [4.69, 9.17) is 21.2 Å². The van der Waals surface area contributed by atoms with Crippen LogP contribution in [-0.4, -0.2) is 34.9 Å². The van der Waals surface area contributed by atoms with Crippen molar-refractivity contribution in [2.24, 2.45) is 0 Å². The summed E-state index contributed by atoms with van der Waals surface area (Å²) in [6, 6.07) is 3.79. The predicted octanol–water partition coefficient (Wildman–Crippen LogP) is 3.26. The lowest BCUT2D eigenvalue weighted by Gasteiger charge is -2.19. The van der Waals surface area contributed by atoms with Gasteiger partial charge in [0.25, 0.3) is 0 Å². The van der Waals surface area contributed by atoms with E-state index >= 15 is 0 Å². The Balaban J connectivity index is 2.14. The molecule has 0 aliphatic heterocycles. The van der Waals surface area contributed by atoms with Crippen LogP contribution in [0.4, 0.5) is 0 Å². The Kier molecular flexibility index (Phi) is 5.39. The first-order valence-corrected chi connectivity index (χ1v) is 7.46. The van der Waals surface area contributed by atoms with Gasteiger partial charge in [-0.05, 0) is 25.1 Å². The first-order valence-electron chi connectivity index (χ1n) is 6.27. The SMILES string of the molecule is CCCN(CCO)Cc1cnoc1-c1ccc(Cl)s1. The van der Waals surface area contributed by atoms with Gasteiger partial charge in [0.05, 0.1) is 22.0 Å². The standard InChI is InChI=1S/C13H17ClN2O2S/c1-2-5-16(6-7-17)9-10-8-15-18-13(10)11-3-4-12(14)19-11/h3-4,8,17H,2,5-7,9H2,1H3. The monoisotopic (exact) mass is 300 g/mol. The van der Waals surface area contributed by atoms with Crippen LogP contribution in [0.15, 0.2) is 22.9 Å². The average Bonchev–Trinajstić information content (AvgIpc) is 2.98. The summed E-state index contributed by atoms with van der Waals surface area (Å²) in [5.41, 5.74) is 1.03. The van der Waals surface area contributed by atoms with E-state index in [-0.39, 0.29) is 6.61 Å². The van der Waals surface area contributed by atoms with Gasteiger partial charge in [-0.25, -0.2) is 0 Å². The number of thiophene rings is 1. The molecule has 0 amide bonds. The molecule has 2 heterocycles. The molecule has 0 fully saturated rings. The maximum Gasteiger partial charge on any atom is 0.181 e. The Morgan fingerprint density at radius 1 is 1.42 bits per heavy atom. The lowest BCUT2D eigenvalue weighted by Crippen LogP contribution is -2.27. The third-order valence-electron chi connectivity index (χ3n) is 2.79. The molecular weight excluding hydrogens is 284 g/mol. The van der Waals surface area contributed by atoms with Gasteiger partial charge in [-0.15, -0.1) is 11.3 Å². The van der Waals surface area contributed by atoms with Gasteiger partial charge in [-0.3, -0.25) is 4.90 Å². The molecule has 0 saturated carbocycles.